The summed E-state index contributed by atoms with van der Waals surface area (Å²) in [7, 11) is 0. The molecule has 1 rings (SSSR count). The van der Waals surface area contributed by atoms with Crippen LogP contribution in [0.25, 0.3) is 0 Å². The molecule has 0 heterocycles. The molecule has 2 N–H and O–H groups in total. The monoisotopic (exact) mass is 283 g/mol. The molecule has 0 aliphatic carbocycles. The first-order valence-electron chi connectivity index (χ1n) is 7.10. The van der Waals surface area contributed by atoms with Gasteiger partial charge >= 0.3 is 0 Å². The molecule has 0 saturated heterocycles. The van der Waals surface area contributed by atoms with Gasteiger partial charge < -0.3 is 10.5 Å². The molecule has 19 heavy (non-hydrogen) atoms. The lowest BCUT2D eigenvalue weighted by Gasteiger charge is -2.21. The molecular weight excluding hydrogens is 258 g/mol. The summed E-state index contributed by atoms with van der Waals surface area (Å²) < 4.78 is 5.76. The Morgan fingerprint density at radius 1 is 1.26 bits per heavy atom. The Hall–Kier alpha value is -0.730. The summed E-state index contributed by atoms with van der Waals surface area (Å²) in [5.41, 5.74) is 7.10. The first kappa shape index (κ1) is 16.3. The Balaban J connectivity index is 2.30. The molecule has 0 atom stereocenters. The fourth-order valence-electron chi connectivity index (χ4n) is 1.91. The first-order chi connectivity index (χ1) is 8.98. The third kappa shape index (κ3) is 5.84. The molecule has 0 unspecified atom stereocenters. The zero-order valence-corrected chi connectivity index (χ0v) is 13.1. The van der Waals surface area contributed by atoms with Crippen molar-refractivity contribution in [2.45, 2.75) is 46.5 Å². The summed E-state index contributed by atoms with van der Waals surface area (Å²) in [6.07, 6.45) is 4.29. The van der Waals surface area contributed by atoms with Gasteiger partial charge in [0.25, 0.3) is 0 Å². The minimum Gasteiger partial charge on any atom is -0.494 e. The molecule has 108 valence electrons. The maximum Gasteiger partial charge on any atom is 0.119 e. The van der Waals surface area contributed by atoms with Crippen LogP contribution in [0, 0.1) is 5.41 Å². The van der Waals surface area contributed by atoms with Crippen LogP contribution in [0.4, 0.5) is 0 Å². The number of nitrogens with two attached hydrogens (primary N) is 1. The predicted octanol–water partition coefficient (Wildman–Crippen LogP) is 4.44. The summed E-state index contributed by atoms with van der Waals surface area (Å²) >= 11 is 6.08. The lowest BCUT2D eigenvalue weighted by Crippen LogP contribution is -2.23. The van der Waals surface area contributed by atoms with E-state index in [4.69, 9.17) is 22.1 Å². The van der Waals surface area contributed by atoms with Crippen molar-refractivity contribution in [2.24, 2.45) is 11.1 Å². The van der Waals surface area contributed by atoms with E-state index in [-0.39, 0.29) is 5.41 Å². The van der Waals surface area contributed by atoms with Gasteiger partial charge in [-0.05, 0) is 61.4 Å². The van der Waals surface area contributed by atoms with Crippen molar-refractivity contribution in [3.63, 3.8) is 0 Å². The van der Waals surface area contributed by atoms with Crippen molar-refractivity contribution >= 4 is 11.6 Å². The van der Waals surface area contributed by atoms with Crippen molar-refractivity contribution in [3.05, 3.63) is 28.8 Å². The minimum atomic E-state index is 0.246. The van der Waals surface area contributed by atoms with Crippen molar-refractivity contribution in [1.82, 2.24) is 0 Å². The summed E-state index contributed by atoms with van der Waals surface area (Å²) in [5.74, 6) is 0.916. The molecule has 2 nitrogen and oxygen atoms in total. The highest BCUT2D eigenvalue weighted by molar-refractivity contribution is 6.31. The maximum atomic E-state index is 6.08. The third-order valence-electron chi connectivity index (χ3n) is 3.47. The van der Waals surface area contributed by atoms with Gasteiger partial charge in [-0.3, -0.25) is 0 Å². The van der Waals surface area contributed by atoms with Gasteiger partial charge in [-0.25, -0.2) is 0 Å². The van der Waals surface area contributed by atoms with Crippen LogP contribution in [0.15, 0.2) is 18.2 Å². The second kappa shape index (κ2) is 7.76. The van der Waals surface area contributed by atoms with Gasteiger partial charge in [0.2, 0.25) is 0 Å². The average Bonchev–Trinajstić information content (AvgIpc) is 2.40. The Morgan fingerprint density at radius 2 is 2.00 bits per heavy atom. The number of rotatable bonds is 8. The van der Waals surface area contributed by atoms with Crippen LogP contribution in [0.1, 0.15) is 45.6 Å². The Bertz CT molecular complexity index is 390. The van der Waals surface area contributed by atoms with Gasteiger partial charge in [0.05, 0.1) is 6.61 Å². The van der Waals surface area contributed by atoms with Crippen LogP contribution in [-0.2, 0) is 6.42 Å². The van der Waals surface area contributed by atoms with E-state index in [9.17, 15) is 0 Å². The highest BCUT2D eigenvalue weighted by Gasteiger charge is 2.14. The van der Waals surface area contributed by atoms with Crippen LogP contribution in [-0.4, -0.2) is 13.2 Å². The average molecular weight is 284 g/mol. The van der Waals surface area contributed by atoms with Gasteiger partial charge in [0.1, 0.15) is 5.75 Å². The van der Waals surface area contributed by atoms with Crippen LogP contribution in [0.2, 0.25) is 5.02 Å². The topological polar surface area (TPSA) is 35.2 Å². The van der Waals surface area contributed by atoms with Crippen molar-refractivity contribution in [2.75, 3.05) is 13.2 Å². The number of unbranched alkanes of at least 4 members (excludes halogenated alkanes) is 1. The van der Waals surface area contributed by atoms with Crippen LogP contribution >= 0.6 is 11.6 Å². The molecule has 0 amide bonds. The van der Waals surface area contributed by atoms with Crippen molar-refractivity contribution < 1.29 is 4.74 Å². The van der Waals surface area contributed by atoms with E-state index < -0.39 is 0 Å². The molecule has 0 spiro atoms. The Kier molecular flexibility index (Phi) is 6.67. The zero-order chi connectivity index (χ0) is 14.3. The molecule has 1 aromatic rings. The molecule has 0 aliphatic rings. The number of ether oxygens (including phenoxy) is 1. The quantitative estimate of drug-likeness (QED) is 0.716. The number of halogens is 1. The van der Waals surface area contributed by atoms with Gasteiger partial charge in [0.15, 0.2) is 0 Å². The highest BCUT2D eigenvalue weighted by atomic mass is 35.5. The molecule has 0 radical (unpaired) electrons. The first-order valence-corrected chi connectivity index (χ1v) is 7.47. The van der Waals surface area contributed by atoms with E-state index in [0.717, 1.165) is 55.2 Å². The normalized spacial score (nSPS) is 11.6. The third-order valence-corrected chi connectivity index (χ3v) is 3.84. The van der Waals surface area contributed by atoms with Gasteiger partial charge in [-0.1, -0.05) is 32.4 Å². The number of aryl methyl sites for hydroxylation is 1. The smallest absolute Gasteiger partial charge is 0.119 e. The largest absolute Gasteiger partial charge is 0.494 e. The maximum absolute atomic E-state index is 6.08. The Morgan fingerprint density at radius 3 is 2.63 bits per heavy atom. The predicted molar refractivity (Wildman–Crippen MR) is 83.0 cm³/mol. The van der Waals surface area contributed by atoms with E-state index in [0.29, 0.717) is 0 Å². The molecule has 0 bridgehead atoms. The summed E-state index contributed by atoms with van der Waals surface area (Å²) in [6, 6.07) is 5.88. The molecular formula is C16H26ClNO. The van der Waals surface area contributed by atoms with E-state index in [1.165, 1.54) is 0 Å². The molecule has 0 saturated carbocycles. The second-order valence-electron chi connectivity index (χ2n) is 5.78. The van der Waals surface area contributed by atoms with Crippen molar-refractivity contribution in [1.29, 1.82) is 0 Å². The number of hydrogen-bond donors (Lipinski definition) is 1. The minimum absolute atomic E-state index is 0.246. The zero-order valence-electron chi connectivity index (χ0n) is 12.3. The number of benzene rings is 1. The molecule has 0 aromatic heterocycles. The van der Waals surface area contributed by atoms with Crippen molar-refractivity contribution in [3.8, 4) is 5.75 Å². The molecule has 0 aliphatic heterocycles. The second-order valence-corrected chi connectivity index (χ2v) is 6.19. The summed E-state index contributed by atoms with van der Waals surface area (Å²) in [5, 5.41) is 0.819. The van der Waals surface area contributed by atoms with Gasteiger partial charge in [-0.15, -0.1) is 0 Å². The van der Waals surface area contributed by atoms with Crippen LogP contribution in [0.3, 0.4) is 0 Å². The number of hydrogen-bond acceptors (Lipinski definition) is 2. The van der Waals surface area contributed by atoms with E-state index in [1.807, 2.05) is 18.2 Å². The van der Waals surface area contributed by atoms with Crippen LogP contribution in [0.5, 0.6) is 5.75 Å². The lowest BCUT2D eigenvalue weighted by atomic mass is 9.87. The van der Waals surface area contributed by atoms with Crippen LogP contribution < -0.4 is 10.5 Å². The Labute approximate surface area is 122 Å². The molecule has 1 aromatic carbocycles. The van der Waals surface area contributed by atoms with Gasteiger partial charge in [-0.2, -0.15) is 0 Å². The summed E-state index contributed by atoms with van der Waals surface area (Å²) in [4.78, 5) is 0. The molecule has 3 heteroatoms. The van der Waals surface area contributed by atoms with E-state index in [2.05, 4.69) is 20.8 Å². The standard InChI is InChI=1S/C16H26ClNO/c1-4-13-11-14(7-8-15(13)17)19-10-6-5-9-16(2,3)12-18/h7-8,11H,4-6,9-10,12,18H2,1-3H3. The van der Waals surface area contributed by atoms with Gasteiger partial charge in [0, 0.05) is 5.02 Å². The molecule has 0 fully saturated rings. The lowest BCUT2D eigenvalue weighted by molar-refractivity contribution is 0.278. The van der Waals surface area contributed by atoms with E-state index in [1.54, 1.807) is 0 Å². The van der Waals surface area contributed by atoms with E-state index >= 15 is 0 Å². The fraction of sp³-hybridized carbons (Fsp3) is 0.625. The SMILES string of the molecule is CCc1cc(OCCCCC(C)(C)CN)ccc1Cl. The summed E-state index contributed by atoms with van der Waals surface area (Å²) in [6.45, 7) is 8.01. The highest BCUT2D eigenvalue weighted by Crippen LogP contribution is 2.24. The fourth-order valence-corrected chi connectivity index (χ4v) is 2.16.